The van der Waals surface area contributed by atoms with Gasteiger partial charge in [-0.25, -0.2) is 22.1 Å². The molecule has 23 heavy (non-hydrogen) atoms. The molecule has 0 bridgehead atoms. The second kappa shape index (κ2) is 5.46. The molecule has 2 heterocycles. The summed E-state index contributed by atoms with van der Waals surface area (Å²) in [5.41, 5.74) is 0.872. The van der Waals surface area contributed by atoms with Crippen molar-refractivity contribution in [1.82, 2.24) is 14.6 Å². The van der Waals surface area contributed by atoms with E-state index in [0.29, 0.717) is 18.7 Å². The monoisotopic (exact) mass is 340 g/mol. The topological polar surface area (TPSA) is 117 Å². The first-order valence-electron chi connectivity index (χ1n) is 7.01. The molecular formula is C13H16N4O5S. The van der Waals surface area contributed by atoms with Gasteiger partial charge in [0.25, 0.3) is 0 Å². The van der Waals surface area contributed by atoms with Crippen LogP contribution in [0.15, 0.2) is 21.7 Å². The van der Waals surface area contributed by atoms with Crippen molar-refractivity contribution < 1.29 is 22.9 Å². The highest BCUT2D eigenvalue weighted by atomic mass is 32.2. The standard InChI is InChI=1S/C13H16N4O5S/c1-16(2)23(20,21)10-6-5-8(11-12(10)15-22-14-11)17-7-3-4-9(17)13(18)19/h5-6,9H,3-4,7H2,1-2H3,(H,18,19)/t9-/m0/s1. The second-order valence-electron chi connectivity index (χ2n) is 5.52. The number of hydrogen-bond donors (Lipinski definition) is 1. The van der Waals surface area contributed by atoms with Crippen LogP contribution >= 0.6 is 0 Å². The number of carboxylic acid groups (broad SMARTS) is 1. The van der Waals surface area contributed by atoms with Crippen LogP contribution in [0.4, 0.5) is 5.69 Å². The van der Waals surface area contributed by atoms with Crippen LogP contribution in [-0.4, -0.2) is 60.8 Å². The minimum Gasteiger partial charge on any atom is -0.480 e. The Hall–Kier alpha value is -2.20. The summed E-state index contributed by atoms with van der Waals surface area (Å²) < 4.78 is 30.5. The molecule has 1 N–H and O–H groups in total. The Morgan fingerprint density at radius 1 is 1.35 bits per heavy atom. The summed E-state index contributed by atoms with van der Waals surface area (Å²) >= 11 is 0. The number of aromatic nitrogens is 2. The number of benzene rings is 1. The highest BCUT2D eigenvalue weighted by Gasteiger charge is 2.34. The maximum absolute atomic E-state index is 12.4. The molecular weight excluding hydrogens is 324 g/mol. The van der Waals surface area contributed by atoms with E-state index < -0.39 is 22.0 Å². The number of hydrogen-bond acceptors (Lipinski definition) is 7. The van der Waals surface area contributed by atoms with E-state index in [0.717, 1.165) is 10.7 Å². The number of rotatable bonds is 4. The summed E-state index contributed by atoms with van der Waals surface area (Å²) in [7, 11) is -0.867. The molecule has 3 rings (SSSR count). The Labute approximate surface area is 132 Å². The molecule has 0 radical (unpaired) electrons. The third kappa shape index (κ3) is 2.43. The average Bonchev–Trinajstić information content (AvgIpc) is 3.14. The van der Waals surface area contributed by atoms with Crippen LogP contribution in [0.25, 0.3) is 11.0 Å². The fraction of sp³-hybridized carbons (Fsp3) is 0.462. The lowest BCUT2D eigenvalue weighted by molar-refractivity contribution is -0.138. The van der Waals surface area contributed by atoms with Gasteiger partial charge in [0.05, 0.1) is 5.69 Å². The fourth-order valence-corrected chi connectivity index (χ4v) is 3.79. The zero-order valence-corrected chi connectivity index (χ0v) is 13.4. The Bertz CT molecular complexity index is 860. The fourth-order valence-electron chi connectivity index (χ4n) is 2.78. The summed E-state index contributed by atoms with van der Waals surface area (Å²) in [4.78, 5) is 13.0. The van der Waals surface area contributed by atoms with E-state index in [4.69, 9.17) is 4.63 Å². The van der Waals surface area contributed by atoms with Gasteiger partial charge in [0.2, 0.25) is 10.0 Å². The van der Waals surface area contributed by atoms with Crippen molar-refractivity contribution in [3.63, 3.8) is 0 Å². The van der Waals surface area contributed by atoms with Gasteiger partial charge in [-0.2, -0.15) is 0 Å². The maximum atomic E-state index is 12.4. The Morgan fingerprint density at radius 3 is 2.70 bits per heavy atom. The molecule has 1 atom stereocenters. The summed E-state index contributed by atoms with van der Waals surface area (Å²) in [6.07, 6.45) is 1.27. The molecule has 1 aliphatic rings. The van der Waals surface area contributed by atoms with Crippen LogP contribution in [0.1, 0.15) is 12.8 Å². The number of nitrogens with zero attached hydrogens (tertiary/aromatic N) is 4. The first kappa shape index (κ1) is 15.7. The van der Waals surface area contributed by atoms with Crippen LogP contribution in [0, 0.1) is 0 Å². The van der Waals surface area contributed by atoms with Crippen LogP contribution in [0.2, 0.25) is 0 Å². The van der Waals surface area contributed by atoms with E-state index in [1.165, 1.54) is 20.2 Å². The zero-order chi connectivity index (χ0) is 16.8. The smallest absolute Gasteiger partial charge is 0.326 e. The predicted octanol–water partition coefficient (Wildman–Crippen LogP) is 0.527. The predicted molar refractivity (Wildman–Crippen MR) is 80.7 cm³/mol. The van der Waals surface area contributed by atoms with E-state index in [2.05, 4.69) is 10.3 Å². The van der Waals surface area contributed by atoms with E-state index in [-0.39, 0.29) is 15.9 Å². The molecule has 0 saturated carbocycles. The maximum Gasteiger partial charge on any atom is 0.326 e. The van der Waals surface area contributed by atoms with E-state index in [1.54, 1.807) is 11.0 Å². The molecule has 1 saturated heterocycles. The Kier molecular flexibility index (Phi) is 3.72. The molecule has 124 valence electrons. The molecule has 1 aliphatic heterocycles. The van der Waals surface area contributed by atoms with Gasteiger partial charge in [-0.15, -0.1) is 0 Å². The molecule has 2 aromatic rings. The third-order valence-corrected chi connectivity index (χ3v) is 5.81. The van der Waals surface area contributed by atoms with Gasteiger partial charge in [0.15, 0.2) is 11.0 Å². The summed E-state index contributed by atoms with van der Waals surface area (Å²) in [5, 5.41) is 16.8. The van der Waals surface area contributed by atoms with Crippen molar-refractivity contribution in [2.75, 3.05) is 25.5 Å². The van der Waals surface area contributed by atoms with Crippen molar-refractivity contribution in [2.45, 2.75) is 23.8 Å². The summed E-state index contributed by atoms with van der Waals surface area (Å²) in [6, 6.07) is 2.31. The van der Waals surface area contributed by atoms with E-state index in [9.17, 15) is 18.3 Å². The van der Waals surface area contributed by atoms with Gasteiger partial charge in [-0.05, 0) is 35.3 Å². The molecule has 0 amide bonds. The van der Waals surface area contributed by atoms with Gasteiger partial charge in [-0.1, -0.05) is 0 Å². The van der Waals surface area contributed by atoms with Crippen LogP contribution in [0.5, 0.6) is 0 Å². The first-order valence-corrected chi connectivity index (χ1v) is 8.45. The van der Waals surface area contributed by atoms with Gasteiger partial charge >= 0.3 is 5.97 Å². The molecule has 10 heteroatoms. The second-order valence-corrected chi connectivity index (χ2v) is 7.64. The van der Waals surface area contributed by atoms with Crippen LogP contribution < -0.4 is 4.90 Å². The molecule has 0 aliphatic carbocycles. The Morgan fingerprint density at radius 2 is 2.04 bits per heavy atom. The van der Waals surface area contributed by atoms with Gasteiger partial charge in [0.1, 0.15) is 10.9 Å². The summed E-state index contributed by atoms with van der Waals surface area (Å²) in [5.74, 6) is -0.919. The number of carboxylic acids is 1. The molecule has 9 nitrogen and oxygen atoms in total. The summed E-state index contributed by atoms with van der Waals surface area (Å²) in [6.45, 7) is 0.554. The van der Waals surface area contributed by atoms with Crippen LogP contribution in [-0.2, 0) is 14.8 Å². The largest absolute Gasteiger partial charge is 0.480 e. The number of anilines is 1. The van der Waals surface area contributed by atoms with Crippen molar-refractivity contribution in [3.8, 4) is 0 Å². The number of carbonyl (C=O) groups is 1. The molecule has 0 spiro atoms. The van der Waals surface area contributed by atoms with Crippen molar-refractivity contribution >= 4 is 32.7 Å². The van der Waals surface area contributed by atoms with Gasteiger partial charge in [0, 0.05) is 20.6 Å². The van der Waals surface area contributed by atoms with E-state index >= 15 is 0 Å². The highest BCUT2D eigenvalue weighted by molar-refractivity contribution is 7.89. The zero-order valence-electron chi connectivity index (χ0n) is 12.6. The third-order valence-electron chi connectivity index (χ3n) is 3.96. The quantitative estimate of drug-likeness (QED) is 0.856. The van der Waals surface area contributed by atoms with Crippen molar-refractivity contribution in [3.05, 3.63) is 12.1 Å². The minimum atomic E-state index is -3.71. The number of sulfonamides is 1. The normalized spacial score (nSPS) is 18.9. The SMILES string of the molecule is CN(C)S(=O)(=O)c1ccc(N2CCC[C@H]2C(=O)O)c2nonc12. The van der Waals surface area contributed by atoms with E-state index in [1.807, 2.05) is 0 Å². The number of aliphatic carboxylic acids is 1. The van der Waals surface area contributed by atoms with Gasteiger partial charge in [-0.3, -0.25) is 0 Å². The lowest BCUT2D eigenvalue weighted by Crippen LogP contribution is -2.36. The molecule has 1 aromatic heterocycles. The highest BCUT2D eigenvalue weighted by Crippen LogP contribution is 2.34. The van der Waals surface area contributed by atoms with Gasteiger partial charge < -0.3 is 10.0 Å². The number of fused-ring (bicyclic) bond motifs is 1. The van der Waals surface area contributed by atoms with Crippen molar-refractivity contribution in [1.29, 1.82) is 0 Å². The minimum absolute atomic E-state index is 0.0198. The molecule has 1 aromatic carbocycles. The Balaban J connectivity index is 2.16. The lowest BCUT2D eigenvalue weighted by Gasteiger charge is -2.24. The average molecular weight is 340 g/mol. The lowest BCUT2D eigenvalue weighted by atomic mass is 10.2. The van der Waals surface area contributed by atoms with Crippen LogP contribution in [0.3, 0.4) is 0 Å². The first-order chi connectivity index (χ1) is 10.8. The molecule has 1 fully saturated rings. The molecule has 0 unspecified atom stereocenters. The van der Waals surface area contributed by atoms with Crippen molar-refractivity contribution in [2.24, 2.45) is 0 Å².